The number of terminal acetylenes is 1. The van der Waals surface area contributed by atoms with Crippen LogP contribution < -0.4 is 0 Å². The van der Waals surface area contributed by atoms with Crippen molar-refractivity contribution in [1.82, 2.24) is 0 Å². The molecule has 28 valence electrons. The number of allylic oxidation sites excluding steroid dienone is 3. The molecule has 0 rings (SSSR count). The third kappa shape index (κ3) is 2.95. The molecule has 0 N–H and O–H groups in total. The topological polar surface area (TPSA) is 0 Å². The molecule has 0 atom stereocenters. The normalized spacial score (nSPS) is 7.67. The van der Waals surface area contributed by atoms with Crippen LogP contribution in [-0.2, 0) is 0 Å². The number of hydrogen-bond donors (Lipinski definition) is 0. The molecule has 0 aromatic carbocycles. The Kier molecular flexibility index (Phi) is 3.26. The summed E-state index contributed by atoms with van der Waals surface area (Å²) >= 11 is 0. The van der Waals surface area contributed by atoms with Gasteiger partial charge in [-0.05, 0) is 0 Å². The van der Waals surface area contributed by atoms with Crippen molar-refractivity contribution in [3.63, 3.8) is 0 Å². The quantitative estimate of drug-likeness (QED) is 0.250. The van der Waals surface area contributed by atoms with Crippen molar-refractivity contribution in [2.75, 3.05) is 0 Å². The highest BCUT2D eigenvalue weighted by Gasteiger charge is 1.59. The average Bonchev–Trinajstić information content (AvgIpc) is 1.61. The van der Waals surface area contributed by atoms with Gasteiger partial charge in [0.2, 0.25) is 0 Å². The fourth-order valence-corrected chi connectivity index (χ4v) is 0.111. The van der Waals surface area contributed by atoms with Crippen molar-refractivity contribution in [3.05, 3.63) is 24.8 Å². The zero-order chi connectivity index (χ0) is 4.83. The molecule has 0 spiro atoms. The molecule has 0 aliphatic carbocycles. The first-order chi connectivity index (χ1) is 2.91. The Morgan fingerprint density at radius 1 is 1.67 bits per heavy atom. The molecule has 0 heterocycles. The highest BCUT2D eigenvalue weighted by molar-refractivity contribution is 5.13. The molecule has 0 amide bonds. The fraction of sp³-hybridized carbons (Fsp3) is 0. The van der Waals surface area contributed by atoms with E-state index in [-0.39, 0.29) is 0 Å². The van der Waals surface area contributed by atoms with Gasteiger partial charge in [-0.2, -0.15) is 0 Å². The van der Waals surface area contributed by atoms with Crippen molar-refractivity contribution in [2.24, 2.45) is 0 Å². The molecular formula is C6H5+. The summed E-state index contributed by atoms with van der Waals surface area (Å²) in [6, 6.07) is 0. The van der Waals surface area contributed by atoms with E-state index in [0.29, 0.717) is 0 Å². The lowest BCUT2D eigenvalue weighted by atomic mass is 10.5. The van der Waals surface area contributed by atoms with Gasteiger partial charge in [-0.3, -0.25) is 0 Å². The molecule has 0 aliphatic heterocycles. The molecule has 0 heteroatoms. The SMILES string of the molecule is C#C/C=C/C=[CH+]. The van der Waals surface area contributed by atoms with Crippen molar-refractivity contribution in [2.45, 2.75) is 0 Å². The minimum Gasteiger partial charge on any atom is -0.113 e. The first kappa shape index (κ1) is 4.95. The summed E-state index contributed by atoms with van der Waals surface area (Å²) in [4.78, 5) is 0. The van der Waals surface area contributed by atoms with Gasteiger partial charge in [0.25, 0.3) is 0 Å². The molecule has 0 bridgehead atoms. The number of hydrogen-bond acceptors (Lipinski definition) is 0. The van der Waals surface area contributed by atoms with Gasteiger partial charge in [-0.1, -0.05) is 5.92 Å². The Labute approximate surface area is 38.2 Å². The maximum absolute atomic E-state index is 4.91. The summed E-state index contributed by atoms with van der Waals surface area (Å²) in [7, 11) is 0. The predicted octanol–water partition coefficient (Wildman–Crippen LogP) is 1.16. The highest BCUT2D eigenvalue weighted by atomic mass is 13.5. The maximum Gasteiger partial charge on any atom is 0.152 e. The molecule has 0 saturated carbocycles. The number of rotatable bonds is 1. The minimum atomic E-state index is 1.39. The van der Waals surface area contributed by atoms with Crippen molar-refractivity contribution in [1.29, 1.82) is 0 Å². The van der Waals surface area contributed by atoms with Gasteiger partial charge < -0.3 is 0 Å². The Morgan fingerprint density at radius 2 is 2.33 bits per heavy atom. The lowest BCUT2D eigenvalue weighted by Gasteiger charge is -1.46. The van der Waals surface area contributed by atoms with Crippen LogP contribution in [0.2, 0.25) is 0 Å². The summed E-state index contributed by atoms with van der Waals surface area (Å²) in [5.74, 6) is 2.28. The third-order valence-corrected chi connectivity index (χ3v) is 0.304. The van der Waals surface area contributed by atoms with Crippen LogP contribution in [-0.4, -0.2) is 0 Å². The zero-order valence-electron chi connectivity index (χ0n) is 3.39. The second kappa shape index (κ2) is 3.95. The smallest absolute Gasteiger partial charge is 0.113 e. The van der Waals surface area contributed by atoms with Crippen molar-refractivity contribution < 1.29 is 0 Å². The van der Waals surface area contributed by atoms with Crippen molar-refractivity contribution >= 4 is 0 Å². The van der Waals surface area contributed by atoms with Crippen LogP contribution in [0.25, 0.3) is 0 Å². The van der Waals surface area contributed by atoms with E-state index >= 15 is 0 Å². The Balaban J connectivity index is 3.26. The first-order valence-corrected chi connectivity index (χ1v) is 1.58. The standard InChI is InChI=1S/C6H5/c1-3-5-6-4-2/h1-3,5-6H/q+1/b6-5+. The Bertz CT molecular complexity index is 91.1. The third-order valence-electron chi connectivity index (χ3n) is 0.304. The van der Waals surface area contributed by atoms with E-state index in [0.717, 1.165) is 0 Å². The van der Waals surface area contributed by atoms with Crippen LogP contribution in [0, 0.1) is 18.9 Å². The lowest BCUT2D eigenvalue weighted by molar-refractivity contribution is 2.03. The summed E-state index contributed by atoms with van der Waals surface area (Å²) in [5, 5.41) is 0. The van der Waals surface area contributed by atoms with Crippen LogP contribution in [0.5, 0.6) is 0 Å². The minimum absolute atomic E-state index is 1.39. The molecule has 0 aromatic heterocycles. The monoisotopic (exact) mass is 77.0 g/mol. The Hall–Kier alpha value is -1.05. The fourth-order valence-electron chi connectivity index (χ4n) is 0.111. The molecule has 6 heavy (non-hydrogen) atoms. The largest absolute Gasteiger partial charge is 0.152 e. The summed E-state index contributed by atoms with van der Waals surface area (Å²) in [6.07, 6.45) is 9.32. The second-order valence-corrected chi connectivity index (χ2v) is 0.718. The zero-order valence-corrected chi connectivity index (χ0v) is 3.39. The van der Waals surface area contributed by atoms with Gasteiger partial charge in [0.15, 0.2) is 6.08 Å². The second-order valence-electron chi connectivity index (χ2n) is 0.718. The van der Waals surface area contributed by atoms with Crippen LogP contribution in [0.4, 0.5) is 0 Å². The van der Waals surface area contributed by atoms with Crippen LogP contribution >= 0.6 is 0 Å². The highest BCUT2D eigenvalue weighted by Crippen LogP contribution is 1.65. The van der Waals surface area contributed by atoms with Crippen molar-refractivity contribution in [3.8, 4) is 12.3 Å². The molecule has 0 saturated heterocycles. The molecule has 0 unspecified atom stereocenters. The van der Waals surface area contributed by atoms with Gasteiger partial charge >= 0.3 is 0 Å². The van der Waals surface area contributed by atoms with E-state index in [1.54, 1.807) is 6.08 Å². The lowest BCUT2D eigenvalue weighted by Crippen LogP contribution is -1.40. The van der Waals surface area contributed by atoms with E-state index in [2.05, 4.69) is 5.92 Å². The van der Waals surface area contributed by atoms with E-state index in [4.69, 9.17) is 13.0 Å². The summed E-state index contributed by atoms with van der Waals surface area (Å²) < 4.78 is 0. The average molecular weight is 77.1 g/mol. The molecule has 0 aliphatic rings. The summed E-state index contributed by atoms with van der Waals surface area (Å²) in [6.45, 7) is 4.91. The predicted molar refractivity (Wildman–Crippen MR) is 26.8 cm³/mol. The Morgan fingerprint density at radius 3 is 2.50 bits per heavy atom. The van der Waals surface area contributed by atoms with Gasteiger partial charge in [-0.15, -0.1) is 6.42 Å². The van der Waals surface area contributed by atoms with Gasteiger partial charge in [0.1, 0.15) is 0 Å². The maximum atomic E-state index is 4.91. The van der Waals surface area contributed by atoms with E-state index in [1.807, 2.05) is 0 Å². The molecule has 0 nitrogen and oxygen atoms in total. The molecule has 0 fully saturated rings. The molecular weight excluding hydrogens is 72.1 g/mol. The summed E-state index contributed by atoms with van der Waals surface area (Å²) in [5.41, 5.74) is 0. The van der Waals surface area contributed by atoms with Crippen LogP contribution in [0.15, 0.2) is 18.2 Å². The van der Waals surface area contributed by atoms with Crippen LogP contribution in [0.3, 0.4) is 0 Å². The molecule has 0 radical (unpaired) electrons. The van der Waals surface area contributed by atoms with E-state index < -0.39 is 0 Å². The van der Waals surface area contributed by atoms with E-state index in [9.17, 15) is 0 Å². The van der Waals surface area contributed by atoms with Crippen LogP contribution in [0.1, 0.15) is 0 Å². The van der Waals surface area contributed by atoms with Gasteiger partial charge in [-0.25, -0.2) is 0 Å². The molecule has 0 aromatic rings. The van der Waals surface area contributed by atoms with Gasteiger partial charge in [0, 0.05) is 6.58 Å². The van der Waals surface area contributed by atoms with E-state index in [1.165, 1.54) is 12.2 Å². The van der Waals surface area contributed by atoms with Gasteiger partial charge in [0.05, 0.1) is 12.2 Å². The first-order valence-electron chi connectivity index (χ1n) is 1.58.